The number of aliphatic carboxylic acids is 4. The molecular weight excluding hydrogens is 384 g/mol. The summed E-state index contributed by atoms with van der Waals surface area (Å²) in [4.78, 5) is 38.4. The van der Waals surface area contributed by atoms with Crippen molar-refractivity contribution in [2.75, 3.05) is 0 Å². The zero-order valence-electron chi connectivity index (χ0n) is 15.3. The number of hydrogen-bond donors (Lipinski definition) is 4. The fourth-order valence-electron chi connectivity index (χ4n) is 0. The third-order valence-corrected chi connectivity index (χ3v) is 1.46. The highest BCUT2D eigenvalue weighted by molar-refractivity contribution is 7.59. The lowest BCUT2D eigenvalue weighted by Gasteiger charge is -1.79. The Bertz CT molecular complexity index is 392. The van der Waals surface area contributed by atoms with Gasteiger partial charge in [-0.1, -0.05) is 26.3 Å². The second kappa shape index (κ2) is 22.5. The SMILES string of the molecule is C=C(C)C(=O)O.C=C(C)C(=O)O.C=C(C)C(=O)O.C=C(C)C(=O)O.S.S. The van der Waals surface area contributed by atoms with Gasteiger partial charge in [-0.15, -0.1) is 0 Å². The Labute approximate surface area is 167 Å². The molecule has 0 spiro atoms. The van der Waals surface area contributed by atoms with Crippen molar-refractivity contribution in [2.24, 2.45) is 0 Å². The van der Waals surface area contributed by atoms with E-state index in [2.05, 4.69) is 26.3 Å². The predicted molar refractivity (Wildman–Crippen MR) is 111 cm³/mol. The van der Waals surface area contributed by atoms with Gasteiger partial charge in [0.1, 0.15) is 0 Å². The minimum atomic E-state index is -0.935. The van der Waals surface area contributed by atoms with Gasteiger partial charge < -0.3 is 20.4 Å². The highest BCUT2D eigenvalue weighted by Gasteiger charge is 1.91. The summed E-state index contributed by atoms with van der Waals surface area (Å²) in [7, 11) is 0. The first-order valence-electron chi connectivity index (χ1n) is 6.13. The van der Waals surface area contributed by atoms with E-state index in [9.17, 15) is 19.2 Å². The lowest BCUT2D eigenvalue weighted by molar-refractivity contribution is -0.133. The molecule has 0 aliphatic rings. The van der Waals surface area contributed by atoms with E-state index in [1.807, 2.05) is 0 Å². The minimum absolute atomic E-state index is 0. The van der Waals surface area contributed by atoms with Crippen LogP contribution in [-0.4, -0.2) is 44.3 Å². The van der Waals surface area contributed by atoms with E-state index < -0.39 is 23.9 Å². The molecule has 0 amide bonds. The Kier molecular flexibility index (Phi) is 33.7. The van der Waals surface area contributed by atoms with Gasteiger partial charge in [0.15, 0.2) is 0 Å². The van der Waals surface area contributed by atoms with Crippen LogP contribution < -0.4 is 0 Å². The van der Waals surface area contributed by atoms with Crippen LogP contribution in [-0.2, 0) is 19.2 Å². The first kappa shape index (κ1) is 38.9. The Balaban J connectivity index is -0.0000000500. The molecule has 0 aliphatic carbocycles. The van der Waals surface area contributed by atoms with Gasteiger partial charge >= 0.3 is 23.9 Å². The zero-order valence-corrected chi connectivity index (χ0v) is 17.3. The quantitative estimate of drug-likeness (QED) is 0.515. The lowest BCUT2D eigenvalue weighted by atomic mass is 10.4. The van der Waals surface area contributed by atoms with Crippen LogP contribution in [0.3, 0.4) is 0 Å². The molecule has 8 nitrogen and oxygen atoms in total. The van der Waals surface area contributed by atoms with Crippen molar-refractivity contribution in [3.05, 3.63) is 48.6 Å². The van der Waals surface area contributed by atoms with Crippen LogP contribution in [0, 0.1) is 0 Å². The highest BCUT2D eigenvalue weighted by Crippen LogP contribution is 1.82. The molecule has 0 saturated heterocycles. The van der Waals surface area contributed by atoms with Crippen molar-refractivity contribution in [3.8, 4) is 0 Å². The van der Waals surface area contributed by atoms with Crippen LogP contribution in [0.5, 0.6) is 0 Å². The lowest BCUT2D eigenvalue weighted by Crippen LogP contribution is -1.92. The largest absolute Gasteiger partial charge is 0.478 e. The Morgan fingerprint density at radius 1 is 0.462 bits per heavy atom. The molecule has 0 aromatic heterocycles. The predicted octanol–water partition coefficient (Wildman–Crippen LogP) is 2.81. The van der Waals surface area contributed by atoms with Gasteiger partial charge in [-0.3, -0.25) is 0 Å². The molecule has 0 saturated carbocycles. The van der Waals surface area contributed by atoms with Gasteiger partial charge in [-0.05, 0) is 27.7 Å². The van der Waals surface area contributed by atoms with Crippen LogP contribution in [0.4, 0.5) is 0 Å². The number of carbonyl (C=O) groups is 4. The van der Waals surface area contributed by atoms with Crippen LogP contribution in [0.15, 0.2) is 48.6 Å². The van der Waals surface area contributed by atoms with Crippen molar-refractivity contribution < 1.29 is 39.6 Å². The topological polar surface area (TPSA) is 149 Å². The van der Waals surface area contributed by atoms with Gasteiger partial charge in [-0.2, -0.15) is 27.0 Å². The highest BCUT2D eigenvalue weighted by atomic mass is 32.1. The average molecular weight is 413 g/mol. The third-order valence-electron chi connectivity index (χ3n) is 1.46. The maximum absolute atomic E-state index is 9.60. The number of carboxylic acid groups (broad SMARTS) is 4. The van der Waals surface area contributed by atoms with Gasteiger partial charge in [0, 0.05) is 22.3 Å². The van der Waals surface area contributed by atoms with Crippen LogP contribution in [0.25, 0.3) is 0 Å². The Morgan fingerprint density at radius 2 is 0.500 bits per heavy atom. The molecule has 0 aliphatic heterocycles. The normalized spacial score (nSPS) is 6.92. The second-order valence-corrected chi connectivity index (χ2v) is 4.34. The zero-order chi connectivity index (χ0) is 20.6. The molecular formula is C16H28O8S2. The average Bonchev–Trinajstić information content (AvgIpc) is 2.40. The molecule has 0 aromatic rings. The van der Waals surface area contributed by atoms with E-state index in [-0.39, 0.29) is 49.3 Å². The first-order chi connectivity index (χ1) is 10.6. The molecule has 0 unspecified atom stereocenters. The van der Waals surface area contributed by atoms with E-state index in [0.717, 1.165) is 0 Å². The molecule has 0 fully saturated rings. The molecule has 0 rings (SSSR count). The Hall–Kier alpha value is -2.46. The van der Waals surface area contributed by atoms with E-state index in [0.29, 0.717) is 0 Å². The molecule has 0 bridgehead atoms. The smallest absolute Gasteiger partial charge is 0.330 e. The molecule has 152 valence electrons. The summed E-state index contributed by atoms with van der Waals surface area (Å²) in [6.45, 7) is 18.4. The van der Waals surface area contributed by atoms with Gasteiger partial charge in [0.25, 0.3) is 0 Å². The fraction of sp³-hybridized carbons (Fsp3) is 0.250. The van der Waals surface area contributed by atoms with E-state index in [1.165, 1.54) is 27.7 Å². The van der Waals surface area contributed by atoms with Crippen molar-refractivity contribution in [3.63, 3.8) is 0 Å². The molecule has 4 N–H and O–H groups in total. The molecule has 10 heteroatoms. The summed E-state index contributed by atoms with van der Waals surface area (Å²) in [5.41, 5.74) is 0.704. The number of carboxylic acids is 4. The van der Waals surface area contributed by atoms with Crippen molar-refractivity contribution in [1.82, 2.24) is 0 Å². The van der Waals surface area contributed by atoms with Gasteiger partial charge in [0.2, 0.25) is 0 Å². The summed E-state index contributed by atoms with van der Waals surface area (Å²) < 4.78 is 0. The molecule has 26 heavy (non-hydrogen) atoms. The van der Waals surface area contributed by atoms with E-state index in [4.69, 9.17) is 20.4 Å². The van der Waals surface area contributed by atoms with Crippen molar-refractivity contribution >= 4 is 50.9 Å². The number of hydrogen-bond acceptors (Lipinski definition) is 4. The molecule has 0 aromatic carbocycles. The van der Waals surface area contributed by atoms with E-state index in [1.54, 1.807) is 0 Å². The second-order valence-electron chi connectivity index (χ2n) is 4.34. The van der Waals surface area contributed by atoms with Gasteiger partial charge in [-0.25, -0.2) is 19.2 Å². The maximum Gasteiger partial charge on any atom is 0.330 e. The summed E-state index contributed by atoms with van der Waals surface area (Å²) in [6, 6.07) is 0. The van der Waals surface area contributed by atoms with Crippen LogP contribution >= 0.6 is 27.0 Å². The summed E-state index contributed by atoms with van der Waals surface area (Å²) in [6.07, 6.45) is 0. The van der Waals surface area contributed by atoms with Crippen LogP contribution in [0.2, 0.25) is 0 Å². The Morgan fingerprint density at radius 3 is 0.500 bits per heavy atom. The van der Waals surface area contributed by atoms with Crippen molar-refractivity contribution in [2.45, 2.75) is 27.7 Å². The maximum atomic E-state index is 9.60. The van der Waals surface area contributed by atoms with Crippen LogP contribution in [0.1, 0.15) is 27.7 Å². The summed E-state index contributed by atoms with van der Waals surface area (Å²) >= 11 is 0. The molecule has 0 atom stereocenters. The standard InChI is InChI=1S/4C4H6O2.2H2S/c4*1-3(2)4(5)6;;/h4*1H2,2H3,(H,5,6);2*1H2. The fourth-order valence-corrected chi connectivity index (χ4v) is 0. The molecule has 0 heterocycles. The number of rotatable bonds is 4. The van der Waals surface area contributed by atoms with E-state index >= 15 is 0 Å². The summed E-state index contributed by atoms with van der Waals surface area (Å²) in [5.74, 6) is -3.74. The van der Waals surface area contributed by atoms with Gasteiger partial charge in [0.05, 0.1) is 0 Å². The monoisotopic (exact) mass is 412 g/mol. The molecule has 0 radical (unpaired) electrons. The summed E-state index contributed by atoms with van der Waals surface area (Å²) in [5, 5.41) is 31.6. The first-order valence-corrected chi connectivity index (χ1v) is 6.13. The third kappa shape index (κ3) is 49.6. The van der Waals surface area contributed by atoms with Crippen molar-refractivity contribution in [1.29, 1.82) is 0 Å². The minimum Gasteiger partial charge on any atom is -0.478 e.